The summed E-state index contributed by atoms with van der Waals surface area (Å²) in [6.45, 7) is 2.00. The maximum Gasteiger partial charge on any atom is 0.222 e. The number of carbonyl (C=O) groups is 1. The van der Waals surface area contributed by atoms with E-state index in [0.29, 0.717) is 18.9 Å². The van der Waals surface area contributed by atoms with E-state index in [1.165, 1.54) is 17.7 Å². The fourth-order valence-corrected chi connectivity index (χ4v) is 3.08. The van der Waals surface area contributed by atoms with E-state index in [9.17, 15) is 4.79 Å². The zero-order chi connectivity index (χ0) is 13.5. The number of rotatable bonds is 2. The van der Waals surface area contributed by atoms with E-state index < -0.39 is 0 Å². The standard InChI is InChI=1S/C15H20N2OS/c16-8-5-6-13-10-14(19-12-13)11-17-9-4-2-1-3-7-15(17)18/h10,12H,1-4,7-9,11,16H2. The van der Waals surface area contributed by atoms with Crippen LogP contribution in [0.1, 0.15) is 42.5 Å². The molecule has 2 rings (SSSR count). The average Bonchev–Trinajstić information content (AvgIpc) is 2.84. The summed E-state index contributed by atoms with van der Waals surface area (Å²) in [5.74, 6) is 6.17. The Kier molecular flexibility index (Phi) is 5.44. The van der Waals surface area contributed by atoms with Gasteiger partial charge < -0.3 is 10.6 Å². The molecule has 1 aromatic heterocycles. The molecule has 0 radical (unpaired) electrons. The van der Waals surface area contributed by atoms with E-state index in [1.807, 2.05) is 10.3 Å². The van der Waals surface area contributed by atoms with Crippen LogP contribution in [0.5, 0.6) is 0 Å². The van der Waals surface area contributed by atoms with Crippen LogP contribution in [-0.4, -0.2) is 23.9 Å². The third-order valence-electron chi connectivity index (χ3n) is 3.26. The van der Waals surface area contributed by atoms with Crippen LogP contribution in [0.15, 0.2) is 11.4 Å². The van der Waals surface area contributed by atoms with Crippen molar-refractivity contribution in [2.45, 2.75) is 38.6 Å². The van der Waals surface area contributed by atoms with Gasteiger partial charge in [0, 0.05) is 28.8 Å². The number of amides is 1. The minimum Gasteiger partial charge on any atom is -0.338 e. The molecule has 0 atom stereocenters. The van der Waals surface area contributed by atoms with Gasteiger partial charge in [-0.15, -0.1) is 11.3 Å². The van der Waals surface area contributed by atoms with Crippen molar-refractivity contribution in [3.8, 4) is 11.8 Å². The lowest BCUT2D eigenvalue weighted by Gasteiger charge is -2.24. The maximum absolute atomic E-state index is 12.0. The molecule has 3 nitrogen and oxygen atoms in total. The van der Waals surface area contributed by atoms with E-state index in [0.717, 1.165) is 31.5 Å². The van der Waals surface area contributed by atoms with E-state index in [-0.39, 0.29) is 0 Å². The van der Waals surface area contributed by atoms with Crippen molar-refractivity contribution in [1.29, 1.82) is 0 Å². The van der Waals surface area contributed by atoms with Crippen LogP contribution >= 0.6 is 11.3 Å². The van der Waals surface area contributed by atoms with Gasteiger partial charge in [0.15, 0.2) is 0 Å². The number of likely N-dealkylation sites (tertiary alicyclic amines) is 1. The van der Waals surface area contributed by atoms with Crippen molar-refractivity contribution in [3.63, 3.8) is 0 Å². The van der Waals surface area contributed by atoms with Crippen LogP contribution in [-0.2, 0) is 11.3 Å². The van der Waals surface area contributed by atoms with Crippen LogP contribution in [0, 0.1) is 11.8 Å². The minimum atomic E-state index is 0.294. The molecule has 1 saturated heterocycles. The summed E-state index contributed by atoms with van der Waals surface area (Å²) in [7, 11) is 0. The predicted molar refractivity (Wildman–Crippen MR) is 78.8 cm³/mol. The summed E-state index contributed by atoms with van der Waals surface area (Å²) < 4.78 is 0. The largest absolute Gasteiger partial charge is 0.338 e. The van der Waals surface area contributed by atoms with Gasteiger partial charge in [-0.25, -0.2) is 0 Å². The molecule has 4 heteroatoms. The average molecular weight is 276 g/mol. The van der Waals surface area contributed by atoms with Gasteiger partial charge in [-0.1, -0.05) is 24.7 Å². The summed E-state index contributed by atoms with van der Waals surface area (Å²) in [6.07, 6.45) is 5.29. The summed E-state index contributed by atoms with van der Waals surface area (Å²) in [4.78, 5) is 15.2. The summed E-state index contributed by atoms with van der Waals surface area (Å²) in [5.41, 5.74) is 6.36. The Hall–Kier alpha value is -1.31. The van der Waals surface area contributed by atoms with Crippen LogP contribution in [0.4, 0.5) is 0 Å². The van der Waals surface area contributed by atoms with Gasteiger partial charge in [-0.2, -0.15) is 0 Å². The first kappa shape index (κ1) is 14.1. The molecule has 1 aliphatic rings. The molecule has 0 bridgehead atoms. The lowest BCUT2D eigenvalue weighted by molar-refractivity contribution is -0.132. The third kappa shape index (κ3) is 4.38. The molecule has 102 valence electrons. The molecule has 0 saturated carbocycles. The highest BCUT2D eigenvalue weighted by molar-refractivity contribution is 7.10. The smallest absolute Gasteiger partial charge is 0.222 e. The number of nitrogens with zero attached hydrogens (tertiary/aromatic N) is 1. The summed E-state index contributed by atoms with van der Waals surface area (Å²) >= 11 is 1.67. The molecular weight excluding hydrogens is 256 g/mol. The Balaban J connectivity index is 1.98. The Labute approximate surface area is 118 Å². The van der Waals surface area contributed by atoms with Crippen molar-refractivity contribution in [2.75, 3.05) is 13.1 Å². The summed E-state index contributed by atoms with van der Waals surface area (Å²) in [5, 5.41) is 2.03. The van der Waals surface area contributed by atoms with Crippen molar-refractivity contribution in [3.05, 3.63) is 21.9 Å². The van der Waals surface area contributed by atoms with Crippen LogP contribution in [0.2, 0.25) is 0 Å². The topological polar surface area (TPSA) is 46.3 Å². The van der Waals surface area contributed by atoms with E-state index in [2.05, 4.69) is 17.9 Å². The van der Waals surface area contributed by atoms with E-state index in [1.54, 1.807) is 11.3 Å². The minimum absolute atomic E-state index is 0.294. The number of carbonyl (C=O) groups excluding carboxylic acids is 1. The normalized spacial score (nSPS) is 16.5. The predicted octanol–water partition coefficient (Wildman–Crippen LogP) is 2.35. The summed E-state index contributed by atoms with van der Waals surface area (Å²) in [6, 6.07) is 2.07. The lowest BCUT2D eigenvalue weighted by atomic mass is 10.1. The second kappa shape index (κ2) is 7.32. The maximum atomic E-state index is 12.0. The molecule has 1 fully saturated rings. The molecular formula is C15H20N2OS. The first-order valence-corrected chi connectivity index (χ1v) is 7.71. The molecule has 1 amide bonds. The molecule has 2 N–H and O–H groups in total. The molecule has 1 aliphatic heterocycles. The van der Waals surface area contributed by atoms with Gasteiger partial charge in [0.05, 0.1) is 13.1 Å². The van der Waals surface area contributed by atoms with E-state index >= 15 is 0 Å². The van der Waals surface area contributed by atoms with Crippen molar-refractivity contribution in [1.82, 2.24) is 4.90 Å². The molecule has 0 aromatic carbocycles. The van der Waals surface area contributed by atoms with Gasteiger partial charge in [0.1, 0.15) is 0 Å². The van der Waals surface area contributed by atoms with Crippen molar-refractivity contribution < 1.29 is 4.79 Å². The molecule has 19 heavy (non-hydrogen) atoms. The van der Waals surface area contributed by atoms with Gasteiger partial charge in [0.25, 0.3) is 0 Å². The van der Waals surface area contributed by atoms with Gasteiger partial charge >= 0.3 is 0 Å². The lowest BCUT2D eigenvalue weighted by Crippen LogP contribution is -2.32. The number of hydrogen-bond donors (Lipinski definition) is 1. The fraction of sp³-hybridized carbons (Fsp3) is 0.533. The number of nitrogens with two attached hydrogens (primary N) is 1. The monoisotopic (exact) mass is 276 g/mol. The second-order valence-corrected chi connectivity index (χ2v) is 5.78. The Morgan fingerprint density at radius 1 is 1.32 bits per heavy atom. The van der Waals surface area contributed by atoms with Gasteiger partial charge in [-0.05, 0) is 18.9 Å². The van der Waals surface area contributed by atoms with Gasteiger partial charge in [0.2, 0.25) is 5.91 Å². The highest BCUT2D eigenvalue weighted by Crippen LogP contribution is 2.19. The quantitative estimate of drug-likeness (QED) is 0.843. The first-order chi connectivity index (χ1) is 9.29. The number of thiophene rings is 1. The molecule has 0 unspecified atom stereocenters. The van der Waals surface area contributed by atoms with Crippen LogP contribution in [0.25, 0.3) is 0 Å². The van der Waals surface area contributed by atoms with Crippen LogP contribution < -0.4 is 5.73 Å². The highest BCUT2D eigenvalue weighted by atomic mass is 32.1. The van der Waals surface area contributed by atoms with E-state index in [4.69, 9.17) is 5.73 Å². The third-order valence-corrected chi connectivity index (χ3v) is 4.18. The SMILES string of the molecule is NCC#Cc1csc(CN2CCCCCCC2=O)c1. The first-order valence-electron chi connectivity index (χ1n) is 6.83. The Morgan fingerprint density at radius 3 is 3.00 bits per heavy atom. The fourth-order valence-electron chi connectivity index (χ4n) is 2.25. The Bertz CT molecular complexity index is 484. The number of hydrogen-bond acceptors (Lipinski definition) is 3. The van der Waals surface area contributed by atoms with Crippen LogP contribution in [0.3, 0.4) is 0 Å². The second-order valence-electron chi connectivity index (χ2n) is 4.79. The Morgan fingerprint density at radius 2 is 2.16 bits per heavy atom. The highest BCUT2D eigenvalue weighted by Gasteiger charge is 2.16. The molecule has 0 spiro atoms. The molecule has 2 heterocycles. The zero-order valence-electron chi connectivity index (χ0n) is 11.2. The molecule has 0 aliphatic carbocycles. The van der Waals surface area contributed by atoms with Gasteiger partial charge in [-0.3, -0.25) is 4.79 Å². The van der Waals surface area contributed by atoms with Crippen molar-refractivity contribution in [2.24, 2.45) is 5.73 Å². The zero-order valence-corrected chi connectivity index (χ0v) is 12.0. The van der Waals surface area contributed by atoms with Crippen molar-refractivity contribution >= 4 is 17.2 Å². The molecule has 1 aromatic rings.